The van der Waals surface area contributed by atoms with Crippen LogP contribution in [0.15, 0.2) is 0 Å². The maximum atomic E-state index is 9.04. The molecule has 0 aromatic heterocycles. The van der Waals surface area contributed by atoms with E-state index >= 15 is 0 Å². The lowest BCUT2D eigenvalue weighted by molar-refractivity contribution is 0.225. The van der Waals surface area contributed by atoms with Crippen molar-refractivity contribution < 1.29 is 5.11 Å². The van der Waals surface area contributed by atoms with Crippen LogP contribution in [0.2, 0.25) is 0 Å². The summed E-state index contributed by atoms with van der Waals surface area (Å²) < 4.78 is 0. The van der Waals surface area contributed by atoms with E-state index in [4.69, 9.17) is 5.11 Å². The van der Waals surface area contributed by atoms with Gasteiger partial charge in [-0.05, 0) is 30.1 Å². The first kappa shape index (κ1) is 22.0. The number of hydrogen-bond donors (Lipinski definition) is 1. The lowest BCUT2D eigenvalue weighted by atomic mass is 9.90. The number of hydrogen-bond acceptors (Lipinski definition) is 1. The average Bonchev–Trinajstić information content (AvgIpc) is 2.47. The molecule has 1 heteroatoms. The monoisotopic (exact) mass is 312 g/mol. The van der Waals surface area contributed by atoms with Gasteiger partial charge in [-0.3, -0.25) is 0 Å². The summed E-state index contributed by atoms with van der Waals surface area (Å²) in [5.41, 5.74) is 0. The van der Waals surface area contributed by atoms with Gasteiger partial charge in [-0.25, -0.2) is 0 Å². The minimum absolute atomic E-state index is 0.350. The molecule has 0 aliphatic heterocycles. The van der Waals surface area contributed by atoms with Gasteiger partial charge < -0.3 is 5.11 Å². The van der Waals surface area contributed by atoms with Gasteiger partial charge >= 0.3 is 0 Å². The second kappa shape index (κ2) is 14.5. The van der Waals surface area contributed by atoms with Crippen LogP contribution < -0.4 is 0 Å². The van der Waals surface area contributed by atoms with E-state index in [0.29, 0.717) is 12.5 Å². The molecule has 0 bridgehead atoms. The van der Waals surface area contributed by atoms with E-state index in [9.17, 15) is 0 Å². The molecule has 0 aliphatic carbocycles. The van der Waals surface area contributed by atoms with Crippen molar-refractivity contribution in [1.82, 2.24) is 0 Å². The Balaban J connectivity index is 3.48. The molecule has 0 spiro atoms. The Morgan fingerprint density at radius 2 is 0.864 bits per heavy atom. The fourth-order valence-corrected chi connectivity index (χ4v) is 3.46. The molecule has 0 rings (SSSR count). The molecule has 4 atom stereocenters. The van der Waals surface area contributed by atoms with Gasteiger partial charge in [0.2, 0.25) is 0 Å². The van der Waals surface area contributed by atoms with Crippen LogP contribution in [-0.4, -0.2) is 11.7 Å². The zero-order valence-electron chi connectivity index (χ0n) is 16.2. The molecule has 0 aromatic rings. The standard InChI is InChI=1S/C21H44O/c1-6-10-18(2)11-7-12-19(3)13-8-14-20(4)15-9-16-21(5)17-22/h18-22H,6-17H2,1-5H3. The molecule has 0 saturated carbocycles. The molecular weight excluding hydrogens is 268 g/mol. The highest BCUT2D eigenvalue weighted by molar-refractivity contribution is 4.61. The molecule has 0 fully saturated rings. The smallest absolute Gasteiger partial charge is 0.0456 e. The van der Waals surface area contributed by atoms with Gasteiger partial charge in [0.15, 0.2) is 0 Å². The Morgan fingerprint density at radius 3 is 1.18 bits per heavy atom. The normalized spacial score (nSPS) is 17.2. The second-order valence-corrected chi connectivity index (χ2v) is 8.18. The summed E-state index contributed by atoms with van der Waals surface area (Å²) in [6.07, 6.45) is 15.1. The summed E-state index contributed by atoms with van der Waals surface area (Å²) in [4.78, 5) is 0. The van der Waals surface area contributed by atoms with Gasteiger partial charge in [-0.15, -0.1) is 0 Å². The SMILES string of the molecule is CCCC(C)CCCC(C)CCCC(C)CCCC(C)CO. The minimum atomic E-state index is 0.350. The third-order valence-corrected chi connectivity index (χ3v) is 5.27. The molecule has 1 nitrogen and oxygen atoms in total. The zero-order chi connectivity index (χ0) is 16.8. The Hall–Kier alpha value is -0.0400. The quantitative estimate of drug-likeness (QED) is 0.351. The molecule has 0 amide bonds. The van der Waals surface area contributed by atoms with Crippen molar-refractivity contribution in [3.05, 3.63) is 0 Å². The average molecular weight is 313 g/mol. The van der Waals surface area contributed by atoms with Crippen LogP contribution >= 0.6 is 0 Å². The van der Waals surface area contributed by atoms with E-state index in [1.807, 2.05) is 0 Å². The lowest BCUT2D eigenvalue weighted by Gasteiger charge is -2.16. The first-order valence-corrected chi connectivity index (χ1v) is 10.1. The van der Waals surface area contributed by atoms with E-state index in [-0.39, 0.29) is 0 Å². The van der Waals surface area contributed by atoms with Crippen molar-refractivity contribution in [1.29, 1.82) is 0 Å². The van der Waals surface area contributed by atoms with Gasteiger partial charge in [0.05, 0.1) is 0 Å². The predicted molar refractivity (Wildman–Crippen MR) is 100 cm³/mol. The molecule has 0 heterocycles. The molecule has 0 aliphatic rings. The van der Waals surface area contributed by atoms with Gasteiger partial charge in [0.1, 0.15) is 0 Å². The minimum Gasteiger partial charge on any atom is -0.396 e. The van der Waals surface area contributed by atoms with Crippen LogP contribution in [0, 0.1) is 23.7 Å². The summed E-state index contributed by atoms with van der Waals surface area (Å²) in [7, 11) is 0. The Labute approximate surface area is 141 Å². The van der Waals surface area contributed by atoms with E-state index < -0.39 is 0 Å². The van der Waals surface area contributed by atoms with Crippen molar-refractivity contribution in [2.45, 2.75) is 105 Å². The lowest BCUT2D eigenvalue weighted by Crippen LogP contribution is -2.03. The largest absolute Gasteiger partial charge is 0.396 e. The van der Waals surface area contributed by atoms with Crippen molar-refractivity contribution in [3.8, 4) is 0 Å². The van der Waals surface area contributed by atoms with E-state index in [2.05, 4.69) is 34.6 Å². The predicted octanol–water partition coefficient (Wildman–Crippen LogP) is 6.83. The highest BCUT2D eigenvalue weighted by Gasteiger charge is 2.08. The van der Waals surface area contributed by atoms with Crippen LogP contribution in [0.3, 0.4) is 0 Å². The summed E-state index contributed by atoms with van der Waals surface area (Å²) in [5.74, 6) is 3.19. The van der Waals surface area contributed by atoms with Crippen LogP contribution in [0.4, 0.5) is 0 Å². The molecule has 0 saturated heterocycles. The van der Waals surface area contributed by atoms with Crippen LogP contribution in [0.25, 0.3) is 0 Å². The van der Waals surface area contributed by atoms with E-state index in [1.54, 1.807) is 0 Å². The Morgan fingerprint density at radius 1 is 0.545 bits per heavy atom. The topological polar surface area (TPSA) is 20.2 Å². The van der Waals surface area contributed by atoms with Gasteiger partial charge in [0.25, 0.3) is 0 Å². The van der Waals surface area contributed by atoms with Crippen LogP contribution in [0.1, 0.15) is 105 Å². The fourth-order valence-electron chi connectivity index (χ4n) is 3.46. The van der Waals surface area contributed by atoms with Crippen molar-refractivity contribution >= 4 is 0 Å². The molecule has 22 heavy (non-hydrogen) atoms. The van der Waals surface area contributed by atoms with Crippen molar-refractivity contribution in [2.24, 2.45) is 23.7 Å². The van der Waals surface area contributed by atoms with E-state index in [1.165, 1.54) is 70.6 Å². The van der Waals surface area contributed by atoms with Crippen LogP contribution in [0.5, 0.6) is 0 Å². The molecule has 4 unspecified atom stereocenters. The third kappa shape index (κ3) is 13.6. The van der Waals surface area contributed by atoms with Gasteiger partial charge in [-0.2, -0.15) is 0 Å². The highest BCUT2D eigenvalue weighted by atomic mass is 16.3. The molecule has 0 radical (unpaired) electrons. The fraction of sp³-hybridized carbons (Fsp3) is 1.00. The van der Waals surface area contributed by atoms with Crippen molar-refractivity contribution in [3.63, 3.8) is 0 Å². The maximum absolute atomic E-state index is 9.04. The Bertz CT molecular complexity index is 226. The van der Waals surface area contributed by atoms with Crippen molar-refractivity contribution in [2.75, 3.05) is 6.61 Å². The summed E-state index contributed by atoms with van der Waals surface area (Å²) in [5, 5.41) is 9.04. The van der Waals surface area contributed by atoms with Gasteiger partial charge in [-0.1, -0.05) is 98.8 Å². The summed E-state index contributed by atoms with van der Waals surface area (Å²) in [6, 6.07) is 0. The number of rotatable bonds is 15. The zero-order valence-corrected chi connectivity index (χ0v) is 16.2. The second-order valence-electron chi connectivity index (χ2n) is 8.18. The maximum Gasteiger partial charge on any atom is 0.0456 e. The summed E-state index contributed by atoms with van der Waals surface area (Å²) in [6.45, 7) is 12.0. The highest BCUT2D eigenvalue weighted by Crippen LogP contribution is 2.22. The first-order valence-electron chi connectivity index (χ1n) is 10.1. The Kier molecular flexibility index (Phi) is 14.5. The molecule has 1 N–H and O–H groups in total. The van der Waals surface area contributed by atoms with Gasteiger partial charge in [0, 0.05) is 6.61 Å². The number of aliphatic hydroxyl groups excluding tert-OH is 1. The molecule has 0 aromatic carbocycles. The van der Waals surface area contributed by atoms with Crippen LogP contribution in [-0.2, 0) is 0 Å². The third-order valence-electron chi connectivity index (χ3n) is 5.27. The summed E-state index contributed by atoms with van der Waals surface area (Å²) >= 11 is 0. The van der Waals surface area contributed by atoms with E-state index in [0.717, 1.165) is 17.8 Å². The molecule has 134 valence electrons. The molecular formula is C21H44O. The number of aliphatic hydroxyl groups is 1. The first-order chi connectivity index (χ1) is 10.5.